The Morgan fingerprint density at radius 2 is 1.74 bits per heavy atom. The quantitative estimate of drug-likeness (QED) is 0.396. The van der Waals surface area contributed by atoms with Crippen LogP contribution in [-0.2, 0) is 21.4 Å². The lowest BCUT2D eigenvalue weighted by Crippen LogP contribution is -2.28. The molecule has 0 aliphatic heterocycles. The number of nitrogens with one attached hydrogen (secondary N) is 1. The van der Waals surface area contributed by atoms with Crippen molar-refractivity contribution in [2.24, 2.45) is 5.92 Å². The minimum absolute atomic E-state index is 0.0745. The van der Waals surface area contributed by atoms with Crippen molar-refractivity contribution in [2.75, 3.05) is 25.4 Å². The molecule has 1 saturated carbocycles. The summed E-state index contributed by atoms with van der Waals surface area (Å²) in [5.74, 6) is 0.556. The Morgan fingerprint density at radius 3 is 2.46 bits per heavy atom. The number of hydrogen-bond donors (Lipinski definition) is 2. The fourth-order valence-electron chi connectivity index (χ4n) is 4.44. The molecular formula is C27H32N2O5S. The first-order chi connectivity index (χ1) is 16.7. The van der Waals surface area contributed by atoms with Crippen LogP contribution in [0.3, 0.4) is 0 Å². The molecule has 35 heavy (non-hydrogen) atoms. The SMILES string of the molecule is CN(C)S(=O)(=O)Nc1ccc2cc(-c3cc(CCC(=O)O)ccc3OCC3CCCC3)ccc2c1. The standard InChI is InChI=1S/C27H32N2O5S/c1-29(2)35(32,33)28-24-12-11-21-16-23(10-9-22(21)17-24)25-15-19(8-14-27(30)31)7-13-26(25)34-18-20-5-3-4-6-20/h7,9-13,15-17,20,28H,3-6,8,14,18H2,1-2H3,(H,30,31). The number of ether oxygens (including phenoxy) is 1. The Balaban J connectivity index is 1.65. The predicted octanol–water partition coefficient (Wildman–Crippen LogP) is 5.31. The van der Waals surface area contributed by atoms with E-state index >= 15 is 0 Å². The van der Waals surface area contributed by atoms with E-state index in [2.05, 4.69) is 10.8 Å². The van der Waals surface area contributed by atoms with Gasteiger partial charge in [0, 0.05) is 26.1 Å². The number of aryl methyl sites for hydroxylation is 1. The highest BCUT2D eigenvalue weighted by Crippen LogP contribution is 2.35. The monoisotopic (exact) mass is 496 g/mol. The highest BCUT2D eigenvalue weighted by molar-refractivity contribution is 7.90. The third-order valence-electron chi connectivity index (χ3n) is 6.50. The van der Waals surface area contributed by atoms with Gasteiger partial charge in [0.05, 0.1) is 12.3 Å². The van der Waals surface area contributed by atoms with Gasteiger partial charge in [-0.15, -0.1) is 0 Å². The van der Waals surface area contributed by atoms with Crippen LogP contribution in [-0.4, -0.2) is 44.5 Å². The van der Waals surface area contributed by atoms with Crippen LogP contribution in [0.5, 0.6) is 5.75 Å². The van der Waals surface area contributed by atoms with E-state index in [0.29, 0.717) is 24.6 Å². The van der Waals surface area contributed by atoms with Gasteiger partial charge in [-0.2, -0.15) is 12.7 Å². The van der Waals surface area contributed by atoms with Gasteiger partial charge in [-0.3, -0.25) is 9.52 Å². The van der Waals surface area contributed by atoms with Gasteiger partial charge in [0.2, 0.25) is 0 Å². The van der Waals surface area contributed by atoms with E-state index in [1.165, 1.54) is 39.8 Å². The summed E-state index contributed by atoms with van der Waals surface area (Å²) in [5, 5.41) is 11.0. The summed E-state index contributed by atoms with van der Waals surface area (Å²) >= 11 is 0. The number of anilines is 1. The molecule has 0 radical (unpaired) electrons. The topological polar surface area (TPSA) is 95.9 Å². The summed E-state index contributed by atoms with van der Waals surface area (Å²) in [6.07, 6.45) is 5.43. The zero-order chi connectivity index (χ0) is 25.0. The first-order valence-corrected chi connectivity index (χ1v) is 13.4. The highest BCUT2D eigenvalue weighted by Gasteiger charge is 2.18. The van der Waals surface area contributed by atoms with Crippen LogP contribution >= 0.6 is 0 Å². The average molecular weight is 497 g/mol. The average Bonchev–Trinajstić information content (AvgIpc) is 3.34. The van der Waals surface area contributed by atoms with Crippen LogP contribution < -0.4 is 9.46 Å². The lowest BCUT2D eigenvalue weighted by Gasteiger charge is -2.17. The van der Waals surface area contributed by atoms with Crippen molar-refractivity contribution in [2.45, 2.75) is 38.5 Å². The fraction of sp³-hybridized carbons (Fsp3) is 0.370. The van der Waals surface area contributed by atoms with Gasteiger partial charge in [0.15, 0.2) is 0 Å². The Hall–Kier alpha value is -3.10. The maximum atomic E-state index is 12.2. The summed E-state index contributed by atoms with van der Waals surface area (Å²) < 4.78 is 34.3. The van der Waals surface area contributed by atoms with E-state index in [4.69, 9.17) is 9.84 Å². The van der Waals surface area contributed by atoms with Crippen molar-refractivity contribution >= 4 is 32.6 Å². The molecule has 4 rings (SSSR count). The van der Waals surface area contributed by atoms with Gasteiger partial charge in [-0.1, -0.05) is 37.1 Å². The summed E-state index contributed by atoms with van der Waals surface area (Å²) in [6.45, 7) is 0.685. The smallest absolute Gasteiger partial charge is 0.303 e. The molecule has 3 aromatic carbocycles. The Morgan fingerprint density at radius 1 is 1.03 bits per heavy atom. The van der Waals surface area contributed by atoms with Crippen molar-refractivity contribution in [3.8, 4) is 16.9 Å². The van der Waals surface area contributed by atoms with Gasteiger partial charge in [-0.25, -0.2) is 0 Å². The van der Waals surface area contributed by atoms with Crippen molar-refractivity contribution in [3.05, 3.63) is 60.2 Å². The molecule has 0 bridgehead atoms. The molecule has 1 aliphatic rings. The van der Waals surface area contributed by atoms with Gasteiger partial charge in [-0.05, 0) is 77.4 Å². The third kappa shape index (κ3) is 6.32. The summed E-state index contributed by atoms with van der Waals surface area (Å²) in [6, 6.07) is 17.4. The lowest BCUT2D eigenvalue weighted by atomic mass is 9.97. The molecule has 0 saturated heterocycles. The van der Waals surface area contributed by atoms with Crippen LogP contribution in [0.1, 0.15) is 37.7 Å². The number of carboxylic acid groups (broad SMARTS) is 1. The maximum absolute atomic E-state index is 12.2. The van der Waals surface area contributed by atoms with E-state index < -0.39 is 16.2 Å². The maximum Gasteiger partial charge on any atom is 0.303 e. The van der Waals surface area contributed by atoms with Crippen LogP contribution in [0.15, 0.2) is 54.6 Å². The number of aliphatic carboxylic acids is 1. The normalized spacial score (nSPS) is 14.5. The minimum Gasteiger partial charge on any atom is -0.493 e. The van der Waals surface area contributed by atoms with E-state index in [9.17, 15) is 13.2 Å². The fourth-order valence-corrected chi connectivity index (χ4v) is 5.04. The summed E-state index contributed by atoms with van der Waals surface area (Å²) in [5.41, 5.74) is 3.35. The first kappa shape index (κ1) is 25.0. The predicted molar refractivity (Wildman–Crippen MR) is 139 cm³/mol. The number of fused-ring (bicyclic) bond motifs is 1. The van der Waals surface area contributed by atoms with E-state index in [-0.39, 0.29) is 6.42 Å². The van der Waals surface area contributed by atoms with Crippen LogP contribution in [0.2, 0.25) is 0 Å². The molecule has 1 fully saturated rings. The van der Waals surface area contributed by atoms with E-state index in [1.807, 2.05) is 36.4 Å². The Labute approximate surface area is 206 Å². The largest absolute Gasteiger partial charge is 0.493 e. The van der Waals surface area contributed by atoms with Gasteiger partial charge < -0.3 is 9.84 Å². The molecule has 7 nitrogen and oxygen atoms in total. The number of hydrogen-bond acceptors (Lipinski definition) is 4. The summed E-state index contributed by atoms with van der Waals surface area (Å²) in [7, 11) is -0.624. The second-order valence-electron chi connectivity index (χ2n) is 9.35. The summed E-state index contributed by atoms with van der Waals surface area (Å²) in [4.78, 5) is 11.1. The molecule has 2 N–H and O–H groups in total. The minimum atomic E-state index is -3.58. The van der Waals surface area contributed by atoms with Crippen LogP contribution in [0.25, 0.3) is 21.9 Å². The Kier molecular flexibility index (Phi) is 7.62. The molecule has 0 atom stereocenters. The number of carboxylic acids is 1. The molecular weight excluding hydrogens is 464 g/mol. The molecule has 3 aromatic rings. The molecule has 0 amide bonds. The first-order valence-electron chi connectivity index (χ1n) is 11.9. The zero-order valence-electron chi connectivity index (χ0n) is 20.2. The molecule has 0 spiro atoms. The second kappa shape index (κ2) is 10.7. The van der Waals surface area contributed by atoms with Crippen molar-refractivity contribution in [1.29, 1.82) is 0 Å². The Bertz CT molecular complexity index is 1310. The molecule has 186 valence electrons. The zero-order valence-corrected chi connectivity index (χ0v) is 21.0. The van der Waals surface area contributed by atoms with Crippen LogP contribution in [0, 0.1) is 5.92 Å². The number of rotatable bonds is 10. The van der Waals surface area contributed by atoms with Gasteiger partial charge >= 0.3 is 16.2 Å². The van der Waals surface area contributed by atoms with Crippen molar-refractivity contribution < 1.29 is 23.1 Å². The molecule has 1 aliphatic carbocycles. The van der Waals surface area contributed by atoms with Crippen molar-refractivity contribution in [3.63, 3.8) is 0 Å². The van der Waals surface area contributed by atoms with Gasteiger partial charge in [0.1, 0.15) is 5.75 Å². The number of carbonyl (C=O) groups is 1. The van der Waals surface area contributed by atoms with E-state index in [0.717, 1.165) is 37.5 Å². The molecule has 0 unspecified atom stereocenters. The lowest BCUT2D eigenvalue weighted by molar-refractivity contribution is -0.136. The van der Waals surface area contributed by atoms with Crippen molar-refractivity contribution in [1.82, 2.24) is 4.31 Å². The number of benzene rings is 3. The molecule has 0 heterocycles. The molecule has 8 heteroatoms. The second-order valence-corrected chi connectivity index (χ2v) is 11.2. The third-order valence-corrected chi connectivity index (χ3v) is 7.95. The molecule has 0 aromatic heterocycles. The number of nitrogens with zero attached hydrogens (tertiary/aromatic N) is 1. The van der Waals surface area contributed by atoms with Gasteiger partial charge in [0.25, 0.3) is 0 Å². The van der Waals surface area contributed by atoms with Crippen LogP contribution in [0.4, 0.5) is 5.69 Å². The highest BCUT2D eigenvalue weighted by atomic mass is 32.2. The van der Waals surface area contributed by atoms with E-state index in [1.54, 1.807) is 12.1 Å².